The maximum Gasteiger partial charge on any atom is 0.244 e. The molecule has 3 aliphatic heterocycles. The summed E-state index contributed by atoms with van der Waals surface area (Å²) in [4.78, 5) is 15.9. The molecule has 1 amide bonds. The van der Waals surface area contributed by atoms with E-state index >= 15 is 0 Å². The van der Waals surface area contributed by atoms with E-state index in [1.54, 1.807) is 0 Å². The normalized spacial score (nSPS) is 29.8. The number of benzene rings is 2. The van der Waals surface area contributed by atoms with Crippen LogP contribution in [0.15, 0.2) is 66.7 Å². The topological polar surface area (TPSA) is 38.8 Å². The van der Waals surface area contributed by atoms with Crippen molar-refractivity contribution >= 4 is 17.4 Å². The molecule has 2 saturated heterocycles. The van der Waals surface area contributed by atoms with Gasteiger partial charge in [0.25, 0.3) is 0 Å². The van der Waals surface area contributed by atoms with E-state index in [0.717, 1.165) is 29.9 Å². The summed E-state index contributed by atoms with van der Waals surface area (Å²) >= 11 is 0. The lowest BCUT2D eigenvalue weighted by Gasteiger charge is -2.44. The predicted octanol–water partition coefficient (Wildman–Crippen LogP) is 5.16. The maximum absolute atomic E-state index is 14.0. The molecule has 4 nitrogen and oxygen atoms in total. The van der Waals surface area contributed by atoms with E-state index in [1.165, 1.54) is 0 Å². The van der Waals surface area contributed by atoms with Gasteiger partial charge in [-0.1, -0.05) is 62.4 Å². The highest BCUT2D eigenvalue weighted by atomic mass is 16.7. The molecule has 0 bridgehead atoms. The van der Waals surface area contributed by atoms with Crippen molar-refractivity contribution < 1.29 is 14.3 Å². The molecular weight excluding hydrogens is 362 g/mol. The lowest BCUT2D eigenvalue weighted by Crippen LogP contribution is -2.59. The largest absolute Gasteiger partial charge is 0.460 e. The molecule has 4 heteroatoms. The molecule has 2 unspecified atom stereocenters. The molecule has 2 aromatic rings. The Balaban J connectivity index is 1.63. The summed E-state index contributed by atoms with van der Waals surface area (Å²) in [6, 6.07) is 20.0. The standard InChI is InChI=1S/C25H27NO3/c1-3-23(4-2)18-24-17-21(19-11-7-5-8-12-19)28-25(24,29-23)15-16-26(22(24)27)20-13-9-6-10-14-20/h5-14,17H,3-4,15-16,18H2,1-2H3. The number of nitrogens with zero attached hydrogens (tertiary/aromatic N) is 1. The Morgan fingerprint density at radius 1 is 0.966 bits per heavy atom. The number of hydrogen-bond acceptors (Lipinski definition) is 3. The van der Waals surface area contributed by atoms with Crippen molar-refractivity contribution in [2.24, 2.45) is 5.41 Å². The Morgan fingerprint density at radius 2 is 1.62 bits per heavy atom. The van der Waals surface area contributed by atoms with Gasteiger partial charge in [0.15, 0.2) is 0 Å². The van der Waals surface area contributed by atoms with Gasteiger partial charge < -0.3 is 14.4 Å². The summed E-state index contributed by atoms with van der Waals surface area (Å²) in [6.45, 7) is 4.88. The van der Waals surface area contributed by atoms with Gasteiger partial charge in [0.1, 0.15) is 11.2 Å². The molecule has 2 fully saturated rings. The molecule has 0 aliphatic carbocycles. The lowest BCUT2D eigenvalue weighted by atomic mass is 9.70. The van der Waals surface area contributed by atoms with Crippen LogP contribution in [0.3, 0.4) is 0 Å². The van der Waals surface area contributed by atoms with Crippen molar-refractivity contribution in [2.75, 3.05) is 11.4 Å². The summed E-state index contributed by atoms with van der Waals surface area (Å²) in [5, 5.41) is 0. The van der Waals surface area contributed by atoms with Crippen LogP contribution in [-0.2, 0) is 14.3 Å². The third kappa shape index (κ3) is 2.52. The fraction of sp³-hybridized carbons (Fsp3) is 0.400. The summed E-state index contributed by atoms with van der Waals surface area (Å²) in [7, 11) is 0. The Labute approximate surface area is 172 Å². The van der Waals surface area contributed by atoms with Gasteiger partial charge in [0, 0.05) is 30.6 Å². The highest BCUT2D eigenvalue weighted by Gasteiger charge is 2.73. The van der Waals surface area contributed by atoms with E-state index in [1.807, 2.05) is 65.6 Å². The van der Waals surface area contributed by atoms with E-state index in [2.05, 4.69) is 19.9 Å². The van der Waals surface area contributed by atoms with Gasteiger partial charge in [0.2, 0.25) is 11.7 Å². The molecule has 2 atom stereocenters. The third-order valence-electron chi connectivity index (χ3n) is 7.02. The van der Waals surface area contributed by atoms with Crippen molar-refractivity contribution in [3.63, 3.8) is 0 Å². The number of anilines is 1. The molecule has 0 N–H and O–H groups in total. The summed E-state index contributed by atoms with van der Waals surface area (Å²) in [5.41, 5.74) is 0.802. The van der Waals surface area contributed by atoms with Crippen LogP contribution >= 0.6 is 0 Å². The molecule has 29 heavy (non-hydrogen) atoms. The van der Waals surface area contributed by atoms with Crippen LogP contribution in [0.5, 0.6) is 0 Å². The van der Waals surface area contributed by atoms with Crippen LogP contribution in [0, 0.1) is 5.41 Å². The maximum atomic E-state index is 14.0. The summed E-state index contributed by atoms with van der Waals surface area (Å²) in [6.07, 6.45) is 5.10. The SMILES string of the molecule is CCC1(CC)CC23C=C(c4ccccc4)OC2(CCN(c2ccccc2)C3=O)O1. The van der Waals surface area contributed by atoms with E-state index in [4.69, 9.17) is 9.47 Å². The molecule has 5 rings (SSSR count). The highest BCUT2D eigenvalue weighted by Crippen LogP contribution is 2.64. The number of carbonyl (C=O) groups is 1. The third-order valence-corrected chi connectivity index (χ3v) is 7.02. The fourth-order valence-corrected chi connectivity index (χ4v) is 5.29. The number of rotatable bonds is 4. The molecule has 3 aliphatic rings. The molecule has 150 valence electrons. The van der Waals surface area contributed by atoms with Gasteiger partial charge >= 0.3 is 0 Å². The zero-order valence-electron chi connectivity index (χ0n) is 17.1. The van der Waals surface area contributed by atoms with Crippen LogP contribution < -0.4 is 4.90 Å². The zero-order valence-corrected chi connectivity index (χ0v) is 17.1. The van der Waals surface area contributed by atoms with Crippen molar-refractivity contribution in [1.82, 2.24) is 0 Å². The molecule has 3 heterocycles. The lowest BCUT2D eigenvalue weighted by molar-refractivity contribution is -0.243. The fourth-order valence-electron chi connectivity index (χ4n) is 5.29. The Bertz CT molecular complexity index is 951. The van der Waals surface area contributed by atoms with Gasteiger partial charge in [-0.3, -0.25) is 4.79 Å². The van der Waals surface area contributed by atoms with Crippen molar-refractivity contribution in [3.8, 4) is 0 Å². The van der Waals surface area contributed by atoms with Gasteiger partial charge in [0.05, 0.1) is 5.60 Å². The average molecular weight is 389 g/mol. The minimum atomic E-state index is -0.910. The Hall–Kier alpha value is -2.59. The first-order valence-electron chi connectivity index (χ1n) is 10.6. The van der Waals surface area contributed by atoms with E-state index in [-0.39, 0.29) is 11.5 Å². The number of amides is 1. The first-order chi connectivity index (χ1) is 14.1. The van der Waals surface area contributed by atoms with E-state index < -0.39 is 11.2 Å². The molecule has 0 spiro atoms. The van der Waals surface area contributed by atoms with Crippen LogP contribution in [0.1, 0.15) is 45.1 Å². The van der Waals surface area contributed by atoms with Crippen LogP contribution in [-0.4, -0.2) is 23.8 Å². The van der Waals surface area contributed by atoms with Crippen molar-refractivity contribution in [2.45, 2.75) is 50.9 Å². The number of hydrogen-bond donors (Lipinski definition) is 0. The molecule has 0 radical (unpaired) electrons. The molecular formula is C25H27NO3. The van der Waals surface area contributed by atoms with Crippen molar-refractivity contribution in [3.05, 3.63) is 72.3 Å². The highest BCUT2D eigenvalue weighted by molar-refractivity contribution is 6.02. The summed E-state index contributed by atoms with van der Waals surface area (Å²) in [5.74, 6) is -0.0636. The molecule has 0 aromatic heterocycles. The number of piperidine rings is 1. The zero-order chi connectivity index (χ0) is 20.1. The number of carbonyl (C=O) groups excluding carboxylic acids is 1. The number of para-hydroxylation sites is 1. The molecule has 0 saturated carbocycles. The van der Waals surface area contributed by atoms with Gasteiger partial charge in [-0.15, -0.1) is 0 Å². The van der Waals surface area contributed by atoms with Crippen LogP contribution in [0.25, 0.3) is 5.76 Å². The van der Waals surface area contributed by atoms with E-state index in [0.29, 0.717) is 19.4 Å². The molecule has 2 aromatic carbocycles. The number of ether oxygens (including phenoxy) is 2. The van der Waals surface area contributed by atoms with Gasteiger partial charge in [-0.2, -0.15) is 0 Å². The minimum absolute atomic E-state index is 0.0876. The predicted molar refractivity (Wildman–Crippen MR) is 113 cm³/mol. The first kappa shape index (κ1) is 18.4. The second kappa shape index (κ2) is 6.46. The Kier molecular flexibility index (Phi) is 4.11. The summed E-state index contributed by atoms with van der Waals surface area (Å²) < 4.78 is 13.3. The van der Waals surface area contributed by atoms with Crippen LogP contribution in [0.2, 0.25) is 0 Å². The van der Waals surface area contributed by atoms with Gasteiger partial charge in [-0.25, -0.2) is 0 Å². The van der Waals surface area contributed by atoms with E-state index in [9.17, 15) is 4.79 Å². The second-order valence-electron chi connectivity index (χ2n) is 8.41. The quantitative estimate of drug-likeness (QED) is 0.725. The first-order valence-corrected chi connectivity index (χ1v) is 10.6. The van der Waals surface area contributed by atoms with Crippen LogP contribution in [0.4, 0.5) is 5.69 Å². The second-order valence-corrected chi connectivity index (χ2v) is 8.41. The Morgan fingerprint density at radius 3 is 2.28 bits per heavy atom. The van der Waals surface area contributed by atoms with Crippen molar-refractivity contribution in [1.29, 1.82) is 0 Å². The van der Waals surface area contributed by atoms with Gasteiger partial charge in [-0.05, 0) is 31.1 Å². The monoisotopic (exact) mass is 389 g/mol. The average Bonchev–Trinajstić information content (AvgIpc) is 3.25. The smallest absolute Gasteiger partial charge is 0.244 e. The minimum Gasteiger partial charge on any atom is -0.460 e.